The van der Waals surface area contributed by atoms with Crippen LogP contribution in [0.3, 0.4) is 0 Å². The molecule has 0 aliphatic rings. The monoisotopic (exact) mass is 278 g/mol. The molecular formula is C14H20N3O3. The van der Waals surface area contributed by atoms with E-state index in [0.29, 0.717) is 36.4 Å². The summed E-state index contributed by atoms with van der Waals surface area (Å²) in [5, 5.41) is 2.62. The van der Waals surface area contributed by atoms with Crippen LogP contribution in [0.4, 0.5) is 5.69 Å². The lowest BCUT2D eigenvalue weighted by molar-refractivity contribution is -0.117. The maximum absolute atomic E-state index is 11.8. The number of amides is 1. The Hall–Kier alpha value is -1.92. The predicted molar refractivity (Wildman–Crippen MR) is 76.8 cm³/mol. The zero-order valence-electron chi connectivity index (χ0n) is 11.7. The van der Waals surface area contributed by atoms with Gasteiger partial charge in [0.2, 0.25) is 5.91 Å². The predicted octanol–water partition coefficient (Wildman–Crippen LogP) is 1.23. The van der Waals surface area contributed by atoms with Gasteiger partial charge in [-0.05, 0) is 44.5 Å². The van der Waals surface area contributed by atoms with Gasteiger partial charge in [-0.3, -0.25) is 9.59 Å². The summed E-state index contributed by atoms with van der Waals surface area (Å²) in [6.45, 7) is 1.89. The Kier molecular flexibility index (Phi) is 6.14. The molecule has 0 bridgehead atoms. The molecule has 0 fully saturated rings. The van der Waals surface area contributed by atoms with Gasteiger partial charge in [0.15, 0.2) is 5.78 Å². The molecule has 0 saturated carbocycles. The van der Waals surface area contributed by atoms with Crippen LogP contribution < -0.4 is 21.5 Å². The number of Topliss-reactive ketones (excluding diaryl/α,β-unsaturated/α-hetero) is 1. The van der Waals surface area contributed by atoms with Gasteiger partial charge in [-0.25, -0.2) is 5.73 Å². The van der Waals surface area contributed by atoms with Gasteiger partial charge in [0.1, 0.15) is 11.8 Å². The summed E-state index contributed by atoms with van der Waals surface area (Å²) < 4.78 is 5.08. The third kappa shape index (κ3) is 4.32. The summed E-state index contributed by atoms with van der Waals surface area (Å²) >= 11 is 0. The SMILES string of the molecule is COc1ccc(NC(=O)[C@@H]([NH])CCCN)cc1C(C)=O. The molecule has 6 nitrogen and oxygen atoms in total. The van der Waals surface area contributed by atoms with Gasteiger partial charge in [0, 0.05) is 5.69 Å². The Morgan fingerprint density at radius 3 is 2.70 bits per heavy atom. The Labute approximate surface area is 118 Å². The lowest BCUT2D eigenvalue weighted by atomic mass is 10.1. The number of carbonyl (C=O) groups excluding carboxylic acids is 2. The molecule has 6 heteroatoms. The summed E-state index contributed by atoms with van der Waals surface area (Å²) in [7, 11) is 1.48. The van der Waals surface area contributed by atoms with Crippen LogP contribution in [0.25, 0.3) is 0 Å². The summed E-state index contributed by atoms with van der Waals surface area (Å²) in [4.78, 5) is 23.3. The first kappa shape index (κ1) is 16.1. The number of carbonyl (C=O) groups is 2. The van der Waals surface area contributed by atoms with Crippen molar-refractivity contribution in [3.8, 4) is 5.75 Å². The molecule has 0 saturated heterocycles. The van der Waals surface area contributed by atoms with Crippen LogP contribution in [0.5, 0.6) is 5.75 Å². The van der Waals surface area contributed by atoms with E-state index in [1.54, 1.807) is 18.2 Å². The van der Waals surface area contributed by atoms with Gasteiger partial charge < -0.3 is 15.8 Å². The average Bonchev–Trinajstić information content (AvgIpc) is 2.44. The van der Waals surface area contributed by atoms with E-state index >= 15 is 0 Å². The second-order valence-corrected chi connectivity index (χ2v) is 4.44. The molecule has 0 aromatic heterocycles. The van der Waals surface area contributed by atoms with E-state index < -0.39 is 11.9 Å². The highest BCUT2D eigenvalue weighted by atomic mass is 16.5. The van der Waals surface area contributed by atoms with Gasteiger partial charge in [-0.15, -0.1) is 0 Å². The van der Waals surface area contributed by atoms with Crippen LogP contribution in [0.1, 0.15) is 30.1 Å². The number of hydrogen-bond donors (Lipinski definition) is 2. The van der Waals surface area contributed by atoms with Crippen molar-refractivity contribution < 1.29 is 14.3 Å². The standard InChI is InChI=1S/C14H20N3O3/c1-9(18)11-8-10(5-6-13(11)20-2)17-14(19)12(16)4-3-7-15/h5-6,8,12,16H,3-4,7,15H2,1-2H3,(H,17,19)/t12-/m0/s1. The zero-order chi connectivity index (χ0) is 15.1. The van der Waals surface area contributed by atoms with Crippen molar-refractivity contribution in [2.75, 3.05) is 19.0 Å². The van der Waals surface area contributed by atoms with E-state index in [0.717, 1.165) is 0 Å². The molecule has 0 aliphatic heterocycles. The molecule has 109 valence electrons. The topological polar surface area (TPSA) is 105 Å². The van der Waals surface area contributed by atoms with Crippen LogP contribution in [-0.2, 0) is 4.79 Å². The first-order chi connectivity index (χ1) is 9.49. The van der Waals surface area contributed by atoms with Gasteiger partial charge >= 0.3 is 0 Å². The Morgan fingerprint density at radius 1 is 1.45 bits per heavy atom. The summed E-state index contributed by atoms with van der Waals surface area (Å²) in [5.74, 6) is -0.0947. The van der Waals surface area contributed by atoms with E-state index in [-0.39, 0.29) is 5.78 Å². The summed E-state index contributed by atoms with van der Waals surface area (Å²) in [6, 6.07) is 3.94. The maximum atomic E-state index is 11.8. The van der Waals surface area contributed by atoms with Gasteiger partial charge in [-0.2, -0.15) is 0 Å². The molecule has 0 spiro atoms. The number of hydrogen-bond acceptors (Lipinski definition) is 4. The summed E-state index contributed by atoms with van der Waals surface area (Å²) in [5.41, 5.74) is 13.9. The fourth-order valence-corrected chi connectivity index (χ4v) is 1.74. The summed E-state index contributed by atoms with van der Waals surface area (Å²) in [6.07, 6.45) is 1.04. The first-order valence-electron chi connectivity index (χ1n) is 6.40. The van der Waals surface area contributed by atoms with E-state index in [4.69, 9.17) is 16.2 Å². The number of ketones is 1. The second-order valence-electron chi connectivity index (χ2n) is 4.44. The van der Waals surface area contributed by atoms with Crippen molar-refractivity contribution in [2.24, 2.45) is 5.73 Å². The van der Waals surface area contributed by atoms with Crippen molar-refractivity contribution in [1.29, 1.82) is 0 Å². The number of benzene rings is 1. The van der Waals surface area contributed by atoms with Crippen LogP contribution in [0.2, 0.25) is 0 Å². The van der Waals surface area contributed by atoms with Gasteiger partial charge in [-0.1, -0.05) is 0 Å². The highest BCUT2D eigenvalue weighted by molar-refractivity contribution is 6.00. The Morgan fingerprint density at radius 2 is 2.15 bits per heavy atom. The average molecular weight is 278 g/mol. The number of rotatable bonds is 7. The maximum Gasteiger partial charge on any atom is 0.242 e. The Bertz CT molecular complexity index is 489. The number of anilines is 1. The molecule has 1 rings (SSSR count). The van der Waals surface area contributed by atoms with Gasteiger partial charge in [0.05, 0.1) is 12.7 Å². The lowest BCUT2D eigenvalue weighted by Crippen LogP contribution is -2.29. The smallest absolute Gasteiger partial charge is 0.242 e. The molecule has 1 aromatic rings. The quantitative estimate of drug-likeness (QED) is 0.731. The van der Waals surface area contributed by atoms with Crippen LogP contribution >= 0.6 is 0 Å². The molecular weight excluding hydrogens is 258 g/mol. The highest BCUT2D eigenvalue weighted by Crippen LogP contribution is 2.23. The van der Waals surface area contributed by atoms with Crippen LogP contribution in [0.15, 0.2) is 18.2 Å². The number of nitrogens with one attached hydrogen (secondary N) is 2. The molecule has 1 aromatic carbocycles. The Balaban J connectivity index is 2.80. The van der Waals surface area contributed by atoms with E-state index in [1.165, 1.54) is 14.0 Å². The zero-order valence-corrected chi connectivity index (χ0v) is 11.7. The molecule has 0 unspecified atom stereocenters. The minimum atomic E-state index is -0.860. The first-order valence-corrected chi connectivity index (χ1v) is 6.40. The largest absolute Gasteiger partial charge is 0.496 e. The van der Waals surface area contributed by atoms with Crippen LogP contribution in [0, 0.1) is 0 Å². The third-order valence-corrected chi connectivity index (χ3v) is 2.86. The molecule has 4 N–H and O–H groups in total. The molecule has 1 radical (unpaired) electrons. The molecule has 20 heavy (non-hydrogen) atoms. The van der Waals surface area contributed by atoms with E-state index in [1.807, 2.05) is 0 Å². The van der Waals surface area contributed by atoms with Gasteiger partial charge in [0.25, 0.3) is 0 Å². The molecule has 1 atom stereocenters. The van der Waals surface area contributed by atoms with Crippen molar-refractivity contribution in [3.63, 3.8) is 0 Å². The minimum absolute atomic E-state index is 0.150. The van der Waals surface area contributed by atoms with E-state index in [9.17, 15) is 9.59 Å². The third-order valence-electron chi connectivity index (χ3n) is 2.86. The normalized spacial score (nSPS) is 11.8. The minimum Gasteiger partial charge on any atom is -0.496 e. The fourth-order valence-electron chi connectivity index (χ4n) is 1.74. The van der Waals surface area contributed by atoms with Crippen molar-refractivity contribution in [3.05, 3.63) is 23.8 Å². The fraction of sp³-hybridized carbons (Fsp3) is 0.429. The second kappa shape index (κ2) is 7.62. The molecule has 1 amide bonds. The molecule has 0 heterocycles. The van der Waals surface area contributed by atoms with Crippen LogP contribution in [-0.4, -0.2) is 31.4 Å². The van der Waals surface area contributed by atoms with Crippen molar-refractivity contribution in [2.45, 2.75) is 25.8 Å². The lowest BCUT2D eigenvalue weighted by Gasteiger charge is -2.13. The highest BCUT2D eigenvalue weighted by Gasteiger charge is 2.15. The number of methoxy groups -OCH3 is 1. The molecule has 0 aliphatic carbocycles. The van der Waals surface area contributed by atoms with Crippen molar-refractivity contribution >= 4 is 17.4 Å². The number of ether oxygens (including phenoxy) is 1. The number of nitrogens with two attached hydrogens (primary N) is 1. The van der Waals surface area contributed by atoms with Crippen molar-refractivity contribution in [1.82, 2.24) is 5.73 Å². The van der Waals surface area contributed by atoms with E-state index in [2.05, 4.69) is 5.32 Å².